The summed E-state index contributed by atoms with van der Waals surface area (Å²) in [6.07, 6.45) is -0.586. The van der Waals surface area contributed by atoms with Crippen LogP contribution < -0.4 is 0 Å². The van der Waals surface area contributed by atoms with E-state index in [1.807, 2.05) is 23.2 Å². The van der Waals surface area contributed by atoms with Crippen molar-refractivity contribution in [3.8, 4) is 0 Å². The van der Waals surface area contributed by atoms with Crippen LogP contribution in [0.25, 0.3) is 0 Å². The number of hydrogen-bond donors (Lipinski definition) is 0. The van der Waals surface area contributed by atoms with Gasteiger partial charge in [0.1, 0.15) is 6.10 Å². The lowest BCUT2D eigenvalue weighted by atomic mass is 10.1. The zero-order valence-electron chi connectivity index (χ0n) is 13.2. The molecule has 3 rings (SSSR count). The second-order valence-corrected chi connectivity index (χ2v) is 9.14. The summed E-state index contributed by atoms with van der Waals surface area (Å²) < 4.78 is 24.4. The number of aromatic nitrogens is 2. The van der Waals surface area contributed by atoms with E-state index in [2.05, 4.69) is 20.9 Å². The summed E-state index contributed by atoms with van der Waals surface area (Å²) >= 11 is 3.13. The summed E-state index contributed by atoms with van der Waals surface area (Å²) in [6, 6.07) is 0. The Kier molecular flexibility index (Phi) is 4.39. The summed E-state index contributed by atoms with van der Waals surface area (Å²) in [6.45, 7) is 6.86. The highest BCUT2D eigenvalue weighted by Crippen LogP contribution is 2.63. The van der Waals surface area contributed by atoms with E-state index >= 15 is 0 Å². The van der Waals surface area contributed by atoms with Crippen LogP contribution in [0, 0.1) is 16.0 Å². The van der Waals surface area contributed by atoms with E-state index < -0.39 is 18.7 Å². The first-order chi connectivity index (χ1) is 10.8. The van der Waals surface area contributed by atoms with Crippen molar-refractivity contribution < 1.29 is 14.0 Å². The highest BCUT2D eigenvalue weighted by molar-refractivity contribution is 9.10. The minimum absolute atomic E-state index is 0.0316. The topological polar surface area (TPSA) is 93.3 Å². The van der Waals surface area contributed by atoms with Crippen LogP contribution in [0.4, 0.5) is 5.82 Å². The molecule has 9 nitrogen and oxygen atoms in total. The molecule has 2 aliphatic rings. The maximum atomic E-state index is 13.2. The van der Waals surface area contributed by atoms with Crippen molar-refractivity contribution in [3.63, 3.8) is 0 Å². The molecule has 128 valence electrons. The molecule has 0 spiro atoms. The van der Waals surface area contributed by atoms with Gasteiger partial charge in [-0.15, -0.1) is 0 Å². The van der Waals surface area contributed by atoms with E-state index in [0.717, 1.165) is 26.2 Å². The fourth-order valence-corrected chi connectivity index (χ4v) is 5.49. The molecule has 0 aromatic carbocycles. The summed E-state index contributed by atoms with van der Waals surface area (Å²) in [7, 11) is -1.46. The summed E-state index contributed by atoms with van der Waals surface area (Å²) in [5.74, 6) is 0.237. The average molecular weight is 408 g/mol. The lowest BCUT2D eigenvalue weighted by molar-refractivity contribution is -0.392. The largest absolute Gasteiger partial charge is 0.358 e. The number of halogens is 1. The molecular formula is C12H19BrN5O4P. The molecule has 2 fully saturated rings. The van der Waals surface area contributed by atoms with Gasteiger partial charge in [0, 0.05) is 26.2 Å². The van der Waals surface area contributed by atoms with Crippen molar-refractivity contribution in [2.45, 2.75) is 20.0 Å². The average Bonchev–Trinajstić information content (AvgIpc) is 3.34. The molecule has 3 heterocycles. The fourth-order valence-electron chi connectivity index (χ4n) is 2.45. The van der Waals surface area contributed by atoms with Crippen LogP contribution in [-0.4, -0.2) is 50.0 Å². The van der Waals surface area contributed by atoms with E-state index in [4.69, 9.17) is 4.52 Å². The maximum absolute atomic E-state index is 13.2. The molecule has 0 aliphatic carbocycles. The lowest BCUT2D eigenvalue weighted by Crippen LogP contribution is -2.19. The highest BCUT2D eigenvalue weighted by atomic mass is 79.9. The fraction of sp³-hybridized carbons (Fsp3) is 0.750. The molecule has 11 heteroatoms. The second kappa shape index (κ2) is 5.93. The molecule has 2 saturated heterocycles. The Bertz CT molecular complexity index is 669. The number of rotatable bonds is 7. The van der Waals surface area contributed by atoms with Gasteiger partial charge >= 0.3 is 13.5 Å². The molecule has 0 N–H and O–H groups in total. The number of hydrogen-bond acceptors (Lipinski definition) is 5. The maximum Gasteiger partial charge on any atom is 0.357 e. The van der Waals surface area contributed by atoms with Crippen molar-refractivity contribution in [1.82, 2.24) is 18.9 Å². The Morgan fingerprint density at radius 3 is 2.17 bits per heavy atom. The van der Waals surface area contributed by atoms with Crippen LogP contribution in [0.1, 0.15) is 25.8 Å². The van der Waals surface area contributed by atoms with Gasteiger partial charge in [-0.05, 0) is 26.8 Å². The Morgan fingerprint density at radius 1 is 1.30 bits per heavy atom. The van der Waals surface area contributed by atoms with Gasteiger partial charge in [0.25, 0.3) is 0 Å². The van der Waals surface area contributed by atoms with E-state index in [0.29, 0.717) is 5.82 Å². The van der Waals surface area contributed by atoms with Gasteiger partial charge in [-0.3, -0.25) is 9.09 Å². The van der Waals surface area contributed by atoms with Crippen molar-refractivity contribution in [3.05, 3.63) is 20.5 Å². The molecule has 1 unspecified atom stereocenters. The van der Waals surface area contributed by atoms with Gasteiger partial charge in [0.05, 0.1) is 7.05 Å². The zero-order chi connectivity index (χ0) is 16.9. The van der Waals surface area contributed by atoms with E-state index in [9.17, 15) is 14.7 Å². The molecule has 0 amide bonds. The van der Waals surface area contributed by atoms with Crippen LogP contribution in [0.5, 0.6) is 0 Å². The Morgan fingerprint density at radius 2 is 1.83 bits per heavy atom. The molecule has 0 saturated carbocycles. The van der Waals surface area contributed by atoms with Crippen molar-refractivity contribution in [2.24, 2.45) is 13.0 Å². The standard InChI is InChI=1S/C12H19BrN5O4P/c1-8(2)9(11-14-10(13)12(15(11)3)18(19)20)22-23(21,16-4-5-16)17-6-7-17/h8-9H,4-7H2,1-3H3. The van der Waals surface area contributed by atoms with Crippen LogP contribution in [0.15, 0.2) is 4.60 Å². The minimum Gasteiger partial charge on any atom is -0.358 e. The molecule has 0 bridgehead atoms. The first-order valence-corrected chi connectivity index (χ1v) is 9.74. The molecule has 1 atom stereocenters. The molecule has 1 aromatic rings. The Labute approximate surface area is 142 Å². The number of nitro groups is 1. The normalized spacial score (nSPS) is 20.0. The third kappa shape index (κ3) is 3.10. The first kappa shape index (κ1) is 17.0. The quantitative estimate of drug-likeness (QED) is 0.296. The molecular weight excluding hydrogens is 389 g/mol. The molecule has 0 radical (unpaired) electrons. The van der Waals surface area contributed by atoms with Crippen LogP contribution in [0.2, 0.25) is 0 Å². The molecule has 1 aromatic heterocycles. The first-order valence-electron chi connectivity index (χ1n) is 7.41. The van der Waals surface area contributed by atoms with Crippen LogP contribution >= 0.6 is 23.6 Å². The van der Waals surface area contributed by atoms with Crippen molar-refractivity contribution >= 4 is 29.4 Å². The predicted octanol–water partition coefficient (Wildman–Crippen LogP) is 2.54. The lowest BCUT2D eigenvalue weighted by Gasteiger charge is -2.26. The molecule has 2 aliphatic heterocycles. The van der Waals surface area contributed by atoms with E-state index in [1.54, 1.807) is 7.05 Å². The Balaban J connectivity index is 1.95. The smallest absolute Gasteiger partial charge is 0.357 e. The number of imidazole rings is 1. The summed E-state index contributed by atoms with van der Waals surface area (Å²) in [5, 5.41) is 11.2. The van der Waals surface area contributed by atoms with Gasteiger partial charge in [0.2, 0.25) is 10.4 Å². The summed E-state index contributed by atoms with van der Waals surface area (Å²) in [5.41, 5.74) is 0. The minimum atomic E-state index is -3.04. The van der Waals surface area contributed by atoms with Crippen molar-refractivity contribution in [2.75, 3.05) is 26.2 Å². The SMILES string of the molecule is CC(C)C(OP(=O)(N1CC1)N1CC1)c1nc(Br)c([N+](=O)[O-])n1C. The monoisotopic (exact) mass is 407 g/mol. The third-order valence-corrected chi connectivity index (χ3v) is 7.17. The Hall–Kier alpha value is -0.800. The van der Waals surface area contributed by atoms with Gasteiger partial charge in [-0.2, -0.15) is 4.98 Å². The highest BCUT2D eigenvalue weighted by Gasteiger charge is 2.52. The number of nitrogens with zero attached hydrogens (tertiary/aromatic N) is 5. The van der Waals surface area contributed by atoms with Gasteiger partial charge in [-0.25, -0.2) is 13.9 Å². The third-order valence-electron chi connectivity index (χ3n) is 3.90. The predicted molar refractivity (Wildman–Crippen MR) is 87.0 cm³/mol. The summed E-state index contributed by atoms with van der Waals surface area (Å²) in [4.78, 5) is 14.9. The van der Waals surface area contributed by atoms with Crippen LogP contribution in [-0.2, 0) is 16.1 Å². The zero-order valence-corrected chi connectivity index (χ0v) is 15.7. The van der Waals surface area contributed by atoms with Gasteiger partial charge < -0.3 is 10.1 Å². The second-order valence-electron chi connectivity index (χ2n) is 6.07. The van der Waals surface area contributed by atoms with Gasteiger partial charge in [-0.1, -0.05) is 13.8 Å². The van der Waals surface area contributed by atoms with Crippen molar-refractivity contribution in [1.29, 1.82) is 0 Å². The molecule has 23 heavy (non-hydrogen) atoms. The van der Waals surface area contributed by atoms with Crippen LogP contribution in [0.3, 0.4) is 0 Å². The van der Waals surface area contributed by atoms with E-state index in [-0.39, 0.29) is 16.3 Å². The van der Waals surface area contributed by atoms with E-state index in [1.165, 1.54) is 4.57 Å². The van der Waals surface area contributed by atoms with Gasteiger partial charge in [0.15, 0.2) is 0 Å².